The molecule has 1 aliphatic heterocycles. The van der Waals surface area contributed by atoms with Crippen molar-refractivity contribution in [2.45, 2.75) is 58.6 Å². The lowest BCUT2D eigenvalue weighted by atomic mass is 10.1. The van der Waals surface area contributed by atoms with Gasteiger partial charge in [0.05, 0.1) is 29.7 Å². The molecule has 0 bridgehead atoms. The second kappa shape index (κ2) is 11.7. The molecular weight excluding hydrogens is 528 g/mol. The van der Waals surface area contributed by atoms with Gasteiger partial charge in [0.2, 0.25) is 10.0 Å². The van der Waals surface area contributed by atoms with Gasteiger partial charge in [0.1, 0.15) is 11.5 Å². The van der Waals surface area contributed by atoms with Crippen molar-refractivity contribution in [3.05, 3.63) is 106 Å². The fourth-order valence-electron chi connectivity index (χ4n) is 4.68. The molecule has 8 nitrogen and oxygen atoms in total. The molecule has 1 aromatic heterocycles. The summed E-state index contributed by atoms with van der Waals surface area (Å²) >= 11 is 0. The number of nitrogens with zero attached hydrogens (tertiary/aromatic N) is 2. The van der Waals surface area contributed by atoms with E-state index in [-0.39, 0.29) is 41.1 Å². The molecular formula is C31H34N2O6S. The quantitative estimate of drug-likeness (QED) is 0.257. The number of hydrogen-bond acceptors (Lipinski definition) is 6. The fraction of sp³-hybridized carbons (Fsp3) is 0.290. The summed E-state index contributed by atoms with van der Waals surface area (Å²) in [7, 11) is -2.60. The first-order chi connectivity index (χ1) is 18.9. The molecule has 1 amide bonds. The molecule has 0 radical (unpaired) electrons. The van der Waals surface area contributed by atoms with Crippen molar-refractivity contribution in [3.63, 3.8) is 0 Å². The Balaban J connectivity index is 1.68. The lowest BCUT2D eigenvalue weighted by Crippen LogP contribution is -2.31. The van der Waals surface area contributed by atoms with Crippen LogP contribution in [0.15, 0.2) is 86.8 Å². The molecule has 0 saturated carbocycles. The molecule has 3 aromatic rings. The van der Waals surface area contributed by atoms with Crippen molar-refractivity contribution >= 4 is 28.0 Å². The highest BCUT2D eigenvalue weighted by molar-refractivity contribution is 7.89. The number of sulfonamides is 1. The number of aryl methyl sites for hydroxylation is 2. The third-order valence-corrected chi connectivity index (χ3v) is 8.59. The topological polar surface area (TPSA) is 97.1 Å². The molecule has 9 heteroatoms. The van der Waals surface area contributed by atoms with Gasteiger partial charge in [-0.05, 0) is 70.5 Å². The molecule has 2 heterocycles. The second-order valence-electron chi connectivity index (χ2n) is 10.2. The summed E-state index contributed by atoms with van der Waals surface area (Å²) in [6.45, 7) is 9.42. The Labute approximate surface area is 235 Å². The number of rotatable bonds is 9. The zero-order valence-corrected chi connectivity index (χ0v) is 24.4. The Bertz CT molecular complexity index is 1580. The van der Waals surface area contributed by atoms with Crippen molar-refractivity contribution in [2.75, 3.05) is 7.11 Å². The Morgan fingerprint density at radius 1 is 0.950 bits per heavy atom. The molecule has 0 atom stereocenters. The van der Waals surface area contributed by atoms with Crippen LogP contribution in [0, 0.1) is 13.8 Å². The number of allylic oxidation sites excluding steroid dienone is 1. The highest BCUT2D eigenvalue weighted by Crippen LogP contribution is 2.33. The molecule has 0 aliphatic carbocycles. The lowest BCUT2D eigenvalue weighted by Gasteiger charge is -2.22. The van der Waals surface area contributed by atoms with Gasteiger partial charge in [-0.3, -0.25) is 4.79 Å². The maximum atomic E-state index is 13.7. The smallest absolute Gasteiger partial charge is 0.340 e. The third kappa shape index (κ3) is 5.95. The maximum absolute atomic E-state index is 13.7. The fourth-order valence-corrected chi connectivity index (χ4v) is 6.07. The molecule has 0 N–H and O–H groups in total. The molecule has 210 valence electrons. The largest absolute Gasteiger partial charge is 0.465 e. The van der Waals surface area contributed by atoms with Crippen LogP contribution in [0.4, 0.5) is 0 Å². The van der Waals surface area contributed by atoms with E-state index in [1.165, 1.54) is 17.5 Å². The Kier molecular flexibility index (Phi) is 8.46. The van der Waals surface area contributed by atoms with E-state index < -0.39 is 16.0 Å². The van der Waals surface area contributed by atoms with E-state index in [2.05, 4.69) is 0 Å². The number of methoxy groups -OCH3 is 1. The third-order valence-electron chi connectivity index (χ3n) is 6.79. The van der Waals surface area contributed by atoms with Crippen molar-refractivity contribution in [1.29, 1.82) is 0 Å². The van der Waals surface area contributed by atoms with Gasteiger partial charge in [-0.2, -0.15) is 4.31 Å². The van der Waals surface area contributed by atoms with Crippen LogP contribution in [0.5, 0.6) is 0 Å². The van der Waals surface area contributed by atoms with Crippen LogP contribution in [-0.4, -0.2) is 42.7 Å². The summed E-state index contributed by atoms with van der Waals surface area (Å²) in [5, 5.41) is 0. The zero-order valence-electron chi connectivity index (χ0n) is 23.6. The minimum atomic E-state index is -3.87. The summed E-state index contributed by atoms with van der Waals surface area (Å²) in [5.41, 5.74) is 3.74. The Morgan fingerprint density at radius 2 is 1.55 bits per heavy atom. The van der Waals surface area contributed by atoms with E-state index in [9.17, 15) is 18.0 Å². The zero-order chi connectivity index (χ0) is 29.2. The predicted octanol–water partition coefficient (Wildman–Crippen LogP) is 5.37. The number of ether oxygens (including phenoxy) is 1. The first-order valence-electron chi connectivity index (χ1n) is 13.0. The Hall–Kier alpha value is -3.95. The van der Waals surface area contributed by atoms with Gasteiger partial charge in [0.25, 0.3) is 5.91 Å². The Morgan fingerprint density at radius 3 is 2.12 bits per heavy atom. The molecule has 2 aromatic carbocycles. The molecule has 0 fully saturated rings. The average Bonchev–Trinajstić information content (AvgIpc) is 3.45. The van der Waals surface area contributed by atoms with Crippen LogP contribution in [0.25, 0.3) is 6.08 Å². The van der Waals surface area contributed by atoms with Crippen molar-refractivity contribution in [1.82, 2.24) is 9.21 Å². The summed E-state index contributed by atoms with van der Waals surface area (Å²) in [6.07, 6.45) is 1.50. The van der Waals surface area contributed by atoms with Crippen LogP contribution < -0.4 is 0 Å². The number of amides is 1. The van der Waals surface area contributed by atoms with Gasteiger partial charge in [0.15, 0.2) is 0 Å². The molecule has 1 aliphatic rings. The highest BCUT2D eigenvalue weighted by atomic mass is 32.2. The van der Waals surface area contributed by atoms with E-state index >= 15 is 0 Å². The molecule has 40 heavy (non-hydrogen) atoms. The number of hydrogen-bond donors (Lipinski definition) is 0. The molecule has 0 saturated heterocycles. The number of carbonyl (C=O) groups excluding carboxylic acids is 2. The summed E-state index contributed by atoms with van der Waals surface area (Å²) in [6, 6.07) is 17.6. The number of furan rings is 1. The summed E-state index contributed by atoms with van der Waals surface area (Å²) in [4.78, 5) is 27.5. The van der Waals surface area contributed by atoms with Crippen LogP contribution >= 0.6 is 0 Å². The van der Waals surface area contributed by atoms with Crippen LogP contribution in [0.2, 0.25) is 0 Å². The summed E-state index contributed by atoms with van der Waals surface area (Å²) in [5.74, 6) is -0.225. The normalized spacial score (nSPS) is 15.2. The molecule has 0 spiro atoms. The maximum Gasteiger partial charge on any atom is 0.340 e. The second-order valence-corrected chi connectivity index (χ2v) is 12.1. The summed E-state index contributed by atoms with van der Waals surface area (Å²) < 4.78 is 39.7. The standard InChI is InChI=1S/C31H34N2O6S/c1-20(2)33-23(5)29(31(35)38-6)28(30(33)34)17-25-13-14-26(39-25)19-32(18-24-11-7-21(3)8-12-24)40(36,37)27-15-9-22(4)10-16-27/h7-17,20H,18-19H2,1-6H3/b28-17+. The van der Waals surface area contributed by atoms with Gasteiger partial charge in [-0.25, -0.2) is 13.2 Å². The first-order valence-corrected chi connectivity index (χ1v) is 14.4. The minimum Gasteiger partial charge on any atom is -0.465 e. The van der Waals surface area contributed by atoms with E-state index in [1.807, 2.05) is 52.0 Å². The van der Waals surface area contributed by atoms with Crippen LogP contribution in [0.3, 0.4) is 0 Å². The monoisotopic (exact) mass is 562 g/mol. The van der Waals surface area contributed by atoms with Gasteiger partial charge >= 0.3 is 5.97 Å². The van der Waals surface area contributed by atoms with E-state index in [1.54, 1.807) is 48.2 Å². The van der Waals surface area contributed by atoms with Gasteiger partial charge < -0.3 is 14.1 Å². The minimum absolute atomic E-state index is 0.0297. The van der Waals surface area contributed by atoms with E-state index in [4.69, 9.17) is 9.15 Å². The van der Waals surface area contributed by atoms with E-state index in [0.29, 0.717) is 17.2 Å². The number of benzene rings is 2. The van der Waals surface area contributed by atoms with Crippen LogP contribution in [-0.2, 0) is 37.4 Å². The average molecular weight is 563 g/mol. The van der Waals surface area contributed by atoms with Crippen molar-refractivity contribution in [3.8, 4) is 0 Å². The van der Waals surface area contributed by atoms with Crippen molar-refractivity contribution in [2.24, 2.45) is 0 Å². The first kappa shape index (κ1) is 29.0. The SMILES string of the molecule is COC(=O)C1=C(C)N(C(C)C)C(=O)/C1=C/c1ccc(CN(Cc2ccc(C)cc2)S(=O)(=O)c2ccc(C)cc2)o1. The molecule has 0 unspecified atom stereocenters. The van der Waals surface area contributed by atoms with Gasteiger partial charge in [-0.1, -0.05) is 47.5 Å². The van der Waals surface area contributed by atoms with Gasteiger partial charge in [0, 0.05) is 18.3 Å². The van der Waals surface area contributed by atoms with Crippen molar-refractivity contribution < 1.29 is 27.2 Å². The van der Waals surface area contributed by atoms with Gasteiger partial charge in [-0.15, -0.1) is 0 Å². The number of esters is 1. The lowest BCUT2D eigenvalue weighted by molar-refractivity contribution is -0.136. The number of carbonyl (C=O) groups is 2. The molecule has 4 rings (SSSR count). The predicted molar refractivity (Wildman–Crippen MR) is 152 cm³/mol. The van der Waals surface area contributed by atoms with E-state index in [0.717, 1.165) is 16.7 Å². The highest BCUT2D eigenvalue weighted by Gasteiger charge is 2.38. The van der Waals surface area contributed by atoms with Crippen LogP contribution in [0.1, 0.15) is 49.0 Å².